The number of piperidine rings is 2. The highest BCUT2D eigenvalue weighted by Crippen LogP contribution is 2.36. The minimum absolute atomic E-state index is 0. The van der Waals surface area contributed by atoms with Crippen LogP contribution >= 0.6 is 0 Å². The summed E-state index contributed by atoms with van der Waals surface area (Å²) in [6, 6.07) is 1.19. The molecule has 0 bridgehead atoms. The summed E-state index contributed by atoms with van der Waals surface area (Å²) in [5.41, 5.74) is 0. The molecule has 0 N–H and O–H groups in total. The summed E-state index contributed by atoms with van der Waals surface area (Å²) in [7, 11) is 4.54. The van der Waals surface area contributed by atoms with Crippen LogP contribution in [0, 0.1) is 0 Å². The summed E-state index contributed by atoms with van der Waals surface area (Å²) in [5, 5.41) is 0. The average Bonchev–Trinajstić information content (AvgIpc) is 2.47. The monoisotopic (exact) mass is 372 g/mol. The van der Waals surface area contributed by atoms with Crippen molar-refractivity contribution in [2.24, 2.45) is 0 Å². The number of hydrogen-bond acceptors (Lipinski definition) is 1. The highest BCUT2D eigenvalue weighted by molar-refractivity contribution is 7.73. The second-order valence-corrected chi connectivity index (χ2v) is 9.27. The van der Waals surface area contributed by atoms with Gasteiger partial charge >= 0.3 is 11.2 Å². The van der Waals surface area contributed by atoms with Gasteiger partial charge in [0.15, 0.2) is 0 Å². The molecule has 0 aliphatic carbocycles. The second kappa shape index (κ2) is 9.22. The summed E-state index contributed by atoms with van der Waals surface area (Å²) in [6.07, 6.45) is 9.99. The Bertz CT molecular complexity index is 340. The molecule has 134 valence electrons. The summed E-state index contributed by atoms with van der Waals surface area (Å²) in [6.45, 7) is 6.76. The van der Waals surface area contributed by atoms with Crippen LogP contribution in [0.25, 0.3) is 0 Å². The minimum atomic E-state index is -0.809. The maximum Gasteiger partial charge on any atom is 0.409 e. The Kier molecular flexibility index (Phi) is 9.49. The molecule has 3 nitrogen and oxygen atoms in total. The van der Waals surface area contributed by atoms with Gasteiger partial charge < -0.3 is 24.8 Å². The Morgan fingerprint density at radius 3 is 1.50 bits per heavy atom. The van der Waals surface area contributed by atoms with Crippen LogP contribution in [0.4, 0.5) is 0 Å². The molecule has 4 unspecified atom stereocenters. The van der Waals surface area contributed by atoms with E-state index in [9.17, 15) is 4.21 Å². The molecule has 6 heteroatoms. The van der Waals surface area contributed by atoms with E-state index in [1.807, 2.05) is 0 Å². The topological polar surface area (TPSA) is 17.1 Å². The van der Waals surface area contributed by atoms with Crippen molar-refractivity contribution in [1.29, 1.82) is 0 Å². The molecule has 2 saturated heterocycles. The van der Waals surface area contributed by atoms with E-state index in [4.69, 9.17) is 0 Å². The maximum absolute atomic E-state index is 13.6. The Hall–Kier alpha value is 0.650. The van der Waals surface area contributed by atoms with Crippen molar-refractivity contribution in [1.82, 2.24) is 0 Å². The van der Waals surface area contributed by atoms with Crippen LogP contribution in [-0.2, 0) is 11.2 Å². The Balaban J connectivity index is 0.00000220. The van der Waals surface area contributed by atoms with Crippen molar-refractivity contribution in [2.75, 3.05) is 27.2 Å². The molecule has 0 radical (unpaired) electrons. The van der Waals surface area contributed by atoms with Gasteiger partial charge in [0.05, 0.1) is 27.2 Å². The number of halogens is 2. The van der Waals surface area contributed by atoms with Crippen molar-refractivity contribution in [3.63, 3.8) is 0 Å². The number of likely N-dealkylation sites (tertiary alicyclic amines) is 2. The van der Waals surface area contributed by atoms with Gasteiger partial charge in [0.25, 0.3) is 0 Å². The van der Waals surface area contributed by atoms with Gasteiger partial charge in [-0.25, -0.2) is 0 Å². The van der Waals surface area contributed by atoms with Gasteiger partial charge in [0, 0.05) is 12.8 Å². The van der Waals surface area contributed by atoms with Crippen LogP contribution < -0.4 is 24.8 Å². The molecule has 2 aliphatic heterocycles. The predicted octanol–water partition coefficient (Wildman–Crippen LogP) is -2.61. The van der Waals surface area contributed by atoms with Crippen LogP contribution in [-0.4, -0.2) is 51.3 Å². The molecular formula is C16H34Cl2N2OS. The van der Waals surface area contributed by atoms with Gasteiger partial charge in [-0.1, -0.05) is 13.8 Å². The van der Waals surface area contributed by atoms with Gasteiger partial charge in [-0.05, 0) is 38.5 Å². The highest BCUT2D eigenvalue weighted by Gasteiger charge is 2.53. The van der Waals surface area contributed by atoms with Gasteiger partial charge in [-0.2, -0.15) is 7.78 Å². The van der Waals surface area contributed by atoms with Crippen molar-refractivity contribution in [2.45, 2.75) is 77.3 Å². The summed E-state index contributed by atoms with van der Waals surface area (Å²) in [4.78, 5) is 0. The molecular weight excluding hydrogens is 339 g/mol. The molecule has 2 rings (SSSR count). The fourth-order valence-electron chi connectivity index (χ4n) is 4.54. The molecule has 2 heterocycles. The van der Waals surface area contributed by atoms with E-state index in [-0.39, 0.29) is 24.8 Å². The first-order chi connectivity index (χ1) is 9.49. The van der Waals surface area contributed by atoms with E-state index in [2.05, 4.69) is 27.9 Å². The van der Waals surface area contributed by atoms with Gasteiger partial charge in [0.2, 0.25) is 0 Å². The average molecular weight is 373 g/mol. The van der Waals surface area contributed by atoms with Crippen LogP contribution in [0.15, 0.2) is 0 Å². The molecule has 0 amide bonds. The lowest BCUT2D eigenvalue weighted by Gasteiger charge is -2.49. The van der Waals surface area contributed by atoms with Crippen molar-refractivity contribution >= 4 is 11.2 Å². The second-order valence-electron chi connectivity index (χ2n) is 7.14. The molecule has 0 aromatic carbocycles. The minimum Gasteiger partial charge on any atom is -1.00 e. The van der Waals surface area contributed by atoms with E-state index in [1.165, 1.54) is 51.4 Å². The third-order valence-corrected chi connectivity index (χ3v) is 8.37. The van der Waals surface area contributed by atoms with E-state index in [0.717, 1.165) is 20.9 Å². The van der Waals surface area contributed by atoms with E-state index in [0.29, 0.717) is 12.1 Å². The molecule has 2 aliphatic rings. The zero-order valence-corrected chi connectivity index (χ0v) is 17.0. The number of quaternary nitrogens is 2. The molecule has 2 fully saturated rings. The lowest BCUT2D eigenvalue weighted by molar-refractivity contribution is -0.903. The van der Waals surface area contributed by atoms with Crippen LogP contribution in [0.1, 0.15) is 65.2 Å². The molecule has 0 saturated carbocycles. The number of nitrogens with zero attached hydrogens (tertiary/aromatic N) is 2. The quantitative estimate of drug-likeness (QED) is 0.494. The lowest BCUT2D eigenvalue weighted by atomic mass is 10.0. The third-order valence-electron chi connectivity index (χ3n) is 5.98. The van der Waals surface area contributed by atoms with Crippen LogP contribution in [0.3, 0.4) is 0 Å². The predicted molar refractivity (Wildman–Crippen MR) is 86.1 cm³/mol. The van der Waals surface area contributed by atoms with Gasteiger partial charge in [0.1, 0.15) is 12.1 Å². The number of hydrogen-bond donors (Lipinski definition) is 0. The zero-order chi connectivity index (χ0) is 14.8. The Morgan fingerprint density at radius 2 is 1.18 bits per heavy atom. The molecule has 0 spiro atoms. The normalized spacial score (nSPS) is 40.2. The zero-order valence-electron chi connectivity index (χ0n) is 14.7. The summed E-state index contributed by atoms with van der Waals surface area (Å²) in [5.74, 6) is 0. The molecule has 0 aromatic heterocycles. The fourth-order valence-corrected chi connectivity index (χ4v) is 6.98. The highest BCUT2D eigenvalue weighted by atomic mass is 35.5. The van der Waals surface area contributed by atoms with Gasteiger partial charge in [-0.15, -0.1) is 4.21 Å². The SMILES string of the molecule is CCC1CCCC[N+]1(C)S(=O)[N+]1(C)CCCCC1CC.[Cl-].[Cl-]. The first-order valence-electron chi connectivity index (χ1n) is 8.62. The van der Waals surface area contributed by atoms with E-state index >= 15 is 0 Å². The standard InChI is InChI=1S/C16H34N2OS.2ClH/c1-5-15-11-7-9-13-17(15,3)20(19)18(4)14-10-8-12-16(18)6-2;;/h15-16H,5-14H2,1-4H3;2*1H/q+2;;/p-2. The first-order valence-corrected chi connectivity index (χ1v) is 9.69. The maximum atomic E-state index is 13.6. The van der Waals surface area contributed by atoms with Crippen LogP contribution in [0.2, 0.25) is 0 Å². The van der Waals surface area contributed by atoms with Crippen molar-refractivity contribution in [3.05, 3.63) is 0 Å². The summed E-state index contributed by atoms with van der Waals surface area (Å²) < 4.78 is 15.2. The molecule has 0 aromatic rings. The van der Waals surface area contributed by atoms with E-state index < -0.39 is 11.2 Å². The number of rotatable bonds is 4. The molecule has 22 heavy (non-hydrogen) atoms. The lowest BCUT2D eigenvalue weighted by Crippen LogP contribution is -3.00. The Labute approximate surface area is 152 Å². The fraction of sp³-hybridized carbons (Fsp3) is 1.00. The Morgan fingerprint density at radius 1 is 0.818 bits per heavy atom. The summed E-state index contributed by atoms with van der Waals surface area (Å²) >= 11 is -0.809. The van der Waals surface area contributed by atoms with Crippen molar-refractivity contribution in [3.8, 4) is 0 Å². The smallest absolute Gasteiger partial charge is 0.409 e. The van der Waals surface area contributed by atoms with Crippen molar-refractivity contribution < 1.29 is 36.8 Å². The first kappa shape index (κ1) is 22.6. The third kappa shape index (κ3) is 4.00. The van der Waals surface area contributed by atoms with Gasteiger partial charge in [-0.3, -0.25) is 0 Å². The molecule has 4 atom stereocenters. The van der Waals surface area contributed by atoms with Crippen LogP contribution in [0.5, 0.6) is 0 Å². The largest absolute Gasteiger partial charge is 1.00 e. The van der Waals surface area contributed by atoms with E-state index in [1.54, 1.807) is 0 Å².